The molecule has 0 amide bonds. The number of aryl methyl sites for hydroxylation is 1. The van der Waals surface area contributed by atoms with Crippen LogP contribution >= 0.6 is 0 Å². The van der Waals surface area contributed by atoms with Crippen molar-refractivity contribution < 1.29 is 4.74 Å². The summed E-state index contributed by atoms with van der Waals surface area (Å²) in [6.07, 6.45) is 3.43. The minimum atomic E-state index is 0.635. The van der Waals surface area contributed by atoms with Gasteiger partial charge in [0, 0.05) is 7.05 Å². The summed E-state index contributed by atoms with van der Waals surface area (Å²) in [4.78, 5) is 8.51. The zero-order chi connectivity index (χ0) is 13.7. The van der Waals surface area contributed by atoms with Gasteiger partial charge in [0.1, 0.15) is 17.9 Å². The van der Waals surface area contributed by atoms with Crippen molar-refractivity contribution in [3.63, 3.8) is 0 Å². The third kappa shape index (κ3) is 3.02. The van der Waals surface area contributed by atoms with Crippen molar-refractivity contribution in [3.05, 3.63) is 41.7 Å². The van der Waals surface area contributed by atoms with Crippen LogP contribution in [0.25, 0.3) is 0 Å². The highest BCUT2D eigenvalue weighted by molar-refractivity contribution is 5.49. The van der Waals surface area contributed by atoms with E-state index in [1.165, 1.54) is 6.33 Å². The summed E-state index contributed by atoms with van der Waals surface area (Å²) < 4.78 is 5.94. The molecule has 4 nitrogen and oxygen atoms in total. The molecule has 2 rings (SSSR count). The summed E-state index contributed by atoms with van der Waals surface area (Å²) >= 11 is 0. The number of anilines is 1. The molecular weight excluding hydrogens is 238 g/mol. The van der Waals surface area contributed by atoms with E-state index in [-0.39, 0.29) is 0 Å². The summed E-state index contributed by atoms with van der Waals surface area (Å²) in [5.41, 5.74) is 2.12. The fraction of sp³-hybridized carbons (Fsp3) is 0.333. The predicted molar refractivity (Wildman–Crippen MR) is 76.8 cm³/mol. The number of benzene rings is 1. The van der Waals surface area contributed by atoms with E-state index >= 15 is 0 Å². The van der Waals surface area contributed by atoms with Crippen molar-refractivity contribution in [2.45, 2.75) is 26.7 Å². The first-order valence-corrected chi connectivity index (χ1v) is 6.51. The van der Waals surface area contributed by atoms with Gasteiger partial charge in [-0.3, -0.25) is 0 Å². The molecule has 0 aliphatic heterocycles. The first kappa shape index (κ1) is 13.3. The van der Waals surface area contributed by atoms with Crippen molar-refractivity contribution in [3.8, 4) is 11.6 Å². The molecule has 100 valence electrons. The molecule has 4 heteroatoms. The molecule has 0 unspecified atom stereocenters. The zero-order valence-electron chi connectivity index (χ0n) is 11.6. The van der Waals surface area contributed by atoms with E-state index in [4.69, 9.17) is 4.74 Å². The Bertz CT molecular complexity index is 555. The fourth-order valence-corrected chi connectivity index (χ4v) is 1.95. The largest absolute Gasteiger partial charge is 0.438 e. The smallest absolute Gasteiger partial charge is 0.227 e. The lowest BCUT2D eigenvalue weighted by atomic mass is 10.1. The summed E-state index contributed by atoms with van der Waals surface area (Å²) in [6, 6.07) is 7.93. The molecule has 0 saturated heterocycles. The predicted octanol–water partition coefficient (Wildman–Crippen LogP) is 3.57. The Labute approximate surface area is 113 Å². The van der Waals surface area contributed by atoms with E-state index in [1.807, 2.05) is 38.2 Å². The number of aromatic nitrogens is 2. The molecule has 1 heterocycles. The van der Waals surface area contributed by atoms with Crippen LogP contribution in [0.15, 0.2) is 30.6 Å². The Hall–Kier alpha value is -2.10. The summed E-state index contributed by atoms with van der Waals surface area (Å²) in [5, 5.41) is 3.09. The number of rotatable bonds is 5. The molecule has 0 atom stereocenters. The van der Waals surface area contributed by atoms with E-state index in [0.717, 1.165) is 35.5 Å². The number of hydrogen-bond acceptors (Lipinski definition) is 4. The first-order valence-electron chi connectivity index (χ1n) is 6.51. The number of para-hydroxylation sites is 1. The average Bonchev–Trinajstić information content (AvgIpc) is 2.43. The quantitative estimate of drug-likeness (QED) is 0.889. The van der Waals surface area contributed by atoms with Crippen LogP contribution < -0.4 is 10.1 Å². The average molecular weight is 257 g/mol. The van der Waals surface area contributed by atoms with Crippen LogP contribution in [0.3, 0.4) is 0 Å². The van der Waals surface area contributed by atoms with E-state index in [0.29, 0.717) is 5.88 Å². The Balaban J connectivity index is 2.37. The number of nitrogens with one attached hydrogen (secondary N) is 1. The molecule has 0 aliphatic rings. The number of ether oxygens (including phenoxy) is 1. The van der Waals surface area contributed by atoms with Gasteiger partial charge in [-0.15, -0.1) is 0 Å². The third-order valence-electron chi connectivity index (χ3n) is 2.94. The van der Waals surface area contributed by atoms with Gasteiger partial charge in [-0.1, -0.05) is 31.5 Å². The van der Waals surface area contributed by atoms with Crippen LogP contribution in [0, 0.1) is 6.92 Å². The summed E-state index contributed by atoms with van der Waals surface area (Å²) in [6.45, 7) is 4.15. The lowest BCUT2D eigenvalue weighted by Gasteiger charge is -2.13. The maximum Gasteiger partial charge on any atom is 0.227 e. The minimum absolute atomic E-state index is 0.635. The Kier molecular flexibility index (Phi) is 4.34. The van der Waals surface area contributed by atoms with Crippen LogP contribution in [0.4, 0.5) is 5.82 Å². The Morgan fingerprint density at radius 2 is 2.00 bits per heavy atom. The van der Waals surface area contributed by atoms with Crippen LogP contribution in [-0.4, -0.2) is 17.0 Å². The van der Waals surface area contributed by atoms with E-state index in [1.54, 1.807) is 0 Å². The molecule has 0 fully saturated rings. The second kappa shape index (κ2) is 6.18. The van der Waals surface area contributed by atoms with E-state index in [9.17, 15) is 0 Å². The summed E-state index contributed by atoms with van der Waals surface area (Å²) in [5.74, 6) is 2.30. The van der Waals surface area contributed by atoms with Gasteiger partial charge in [0.15, 0.2) is 0 Å². The topological polar surface area (TPSA) is 47.0 Å². The first-order chi connectivity index (χ1) is 9.26. The van der Waals surface area contributed by atoms with Crippen LogP contribution in [0.5, 0.6) is 11.6 Å². The van der Waals surface area contributed by atoms with Crippen LogP contribution in [0.1, 0.15) is 24.5 Å². The minimum Gasteiger partial charge on any atom is -0.438 e. The lowest BCUT2D eigenvalue weighted by molar-refractivity contribution is 0.451. The summed E-state index contributed by atoms with van der Waals surface area (Å²) in [7, 11) is 1.86. The normalized spacial score (nSPS) is 10.3. The van der Waals surface area contributed by atoms with Crippen molar-refractivity contribution in [1.29, 1.82) is 0 Å². The number of hydrogen-bond donors (Lipinski definition) is 1. The van der Waals surface area contributed by atoms with Gasteiger partial charge in [0.25, 0.3) is 0 Å². The molecule has 0 saturated carbocycles. The van der Waals surface area contributed by atoms with Crippen LogP contribution in [0.2, 0.25) is 0 Å². The molecule has 0 bridgehead atoms. The van der Waals surface area contributed by atoms with E-state index in [2.05, 4.69) is 22.2 Å². The lowest BCUT2D eigenvalue weighted by Crippen LogP contribution is -2.03. The van der Waals surface area contributed by atoms with Crippen molar-refractivity contribution >= 4 is 5.82 Å². The van der Waals surface area contributed by atoms with Gasteiger partial charge in [0.05, 0.1) is 5.56 Å². The highest BCUT2D eigenvalue weighted by Gasteiger charge is 2.12. The van der Waals surface area contributed by atoms with Crippen molar-refractivity contribution in [2.75, 3.05) is 12.4 Å². The van der Waals surface area contributed by atoms with Gasteiger partial charge in [0.2, 0.25) is 5.88 Å². The molecular formula is C15H19N3O. The molecule has 0 aliphatic carbocycles. The van der Waals surface area contributed by atoms with Gasteiger partial charge in [-0.25, -0.2) is 9.97 Å². The van der Waals surface area contributed by atoms with Gasteiger partial charge in [-0.05, 0) is 25.0 Å². The third-order valence-corrected chi connectivity index (χ3v) is 2.94. The maximum atomic E-state index is 5.94. The molecule has 1 N–H and O–H groups in total. The Morgan fingerprint density at radius 1 is 1.21 bits per heavy atom. The van der Waals surface area contributed by atoms with Gasteiger partial charge >= 0.3 is 0 Å². The van der Waals surface area contributed by atoms with Crippen molar-refractivity contribution in [1.82, 2.24) is 9.97 Å². The second-order valence-electron chi connectivity index (χ2n) is 4.37. The zero-order valence-corrected chi connectivity index (χ0v) is 11.6. The van der Waals surface area contributed by atoms with Crippen LogP contribution in [-0.2, 0) is 6.42 Å². The van der Waals surface area contributed by atoms with Gasteiger partial charge < -0.3 is 10.1 Å². The highest BCUT2D eigenvalue weighted by atomic mass is 16.5. The molecule has 1 aromatic carbocycles. The highest BCUT2D eigenvalue weighted by Crippen LogP contribution is 2.29. The molecule has 1 aromatic heterocycles. The molecule has 2 aromatic rings. The number of nitrogens with zero attached hydrogens (tertiary/aromatic N) is 2. The Morgan fingerprint density at radius 3 is 2.68 bits per heavy atom. The monoisotopic (exact) mass is 257 g/mol. The maximum absolute atomic E-state index is 5.94. The second-order valence-corrected chi connectivity index (χ2v) is 4.37. The molecule has 0 radical (unpaired) electrons. The van der Waals surface area contributed by atoms with Crippen molar-refractivity contribution in [2.24, 2.45) is 0 Å². The molecule has 0 spiro atoms. The van der Waals surface area contributed by atoms with E-state index < -0.39 is 0 Å². The standard InChI is InChI=1S/C15H19N3O/c1-4-7-12-14(16-3)17-10-18-15(12)19-13-9-6-5-8-11(13)2/h5-6,8-10H,4,7H2,1-3H3,(H,16,17,18). The SMILES string of the molecule is CCCc1c(NC)ncnc1Oc1ccccc1C. The molecule has 19 heavy (non-hydrogen) atoms. The van der Waals surface area contributed by atoms with Gasteiger partial charge in [-0.2, -0.15) is 0 Å². The fourth-order valence-electron chi connectivity index (χ4n) is 1.95.